The second kappa shape index (κ2) is 4.62. The van der Waals surface area contributed by atoms with Crippen molar-refractivity contribution in [3.05, 3.63) is 0 Å². The number of guanidine groups is 1. The summed E-state index contributed by atoms with van der Waals surface area (Å²) in [6, 6.07) is 0.488. The molecule has 0 atom stereocenters. The van der Waals surface area contributed by atoms with Gasteiger partial charge >= 0.3 is 0 Å². The summed E-state index contributed by atoms with van der Waals surface area (Å²) in [5, 5.41) is 0. The molecule has 3 N–H and O–H groups in total. The number of likely N-dealkylation sites (tertiary alicyclic amines) is 1. The third-order valence-corrected chi connectivity index (χ3v) is 3.92. The van der Waals surface area contributed by atoms with Gasteiger partial charge in [-0.25, -0.2) is 10.8 Å². The highest BCUT2D eigenvalue weighted by Gasteiger charge is 2.34. The second-order valence-electron chi connectivity index (χ2n) is 5.60. The van der Waals surface area contributed by atoms with Gasteiger partial charge in [0.2, 0.25) is 5.96 Å². The Labute approximate surface area is 98.3 Å². The topological polar surface area (TPSA) is 53.6 Å². The number of aliphatic imine (C=N–C) groups is 1. The number of nitrogens with one attached hydrogen (secondary N) is 1. The van der Waals surface area contributed by atoms with Crippen LogP contribution >= 0.6 is 0 Å². The van der Waals surface area contributed by atoms with E-state index in [0.29, 0.717) is 6.04 Å². The molecule has 0 radical (unpaired) electrons. The van der Waals surface area contributed by atoms with Gasteiger partial charge in [0, 0.05) is 12.1 Å². The molecule has 2 rings (SSSR count). The molecule has 92 valence electrons. The van der Waals surface area contributed by atoms with Crippen molar-refractivity contribution in [2.24, 2.45) is 10.8 Å². The van der Waals surface area contributed by atoms with Crippen LogP contribution < -0.4 is 11.3 Å². The van der Waals surface area contributed by atoms with Crippen molar-refractivity contribution in [2.75, 3.05) is 6.54 Å². The summed E-state index contributed by atoms with van der Waals surface area (Å²) in [5.74, 6) is 6.53. The SMILES string of the molecule is CC1(C)CCCN1C(=NC1CCCC1)NN. The van der Waals surface area contributed by atoms with Gasteiger partial charge in [0.15, 0.2) is 0 Å². The molecule has 1 saturated carbocycles. The quantitative estimate of drug-likeness (QED) is 0.308. The van der Waals surface area contributed by atoms with Crippen molar-refractivity contribution in [2.45, 2.75) is 64.0 Å². The van der Waals surface area contributed by atoms with Gasteiger partial charge in [-0.1, -0.05) is 12.8 Å². The molecule has 0 aromatic heterocycles. The first-order valence-corrected chi connectivity index (χ1v) is 6.45. The standard InChI is InChI=1S/C12H24N4/c1-12(2)8-5-9-16(12)11(15-13)14-10-6-3-4-7-10/h10H,3-9,13H2,1-2H3,(H,14,15). The largest absolute Gasteiger partial charge is 0.337 e. The third-order valence-electron chi connectivity index (χ3n) is 3.92. The minimum Gasteiger partial charge on any atom is -0.337 e. The second-order valence-corrected chi connectivity index (χ2v) is 5.60. The highest BCUT2D eigenvalue weighted by molar-refractivity contribution is 5.80. The van der Waals surface area contributed by atoms with Crippen LogP contribution in [0.25, 0.3) is 0 Å². The van der Waals surface area contributed by atoms with E-state index in [9.17, 15) is 0 Å². The summed E-state index contributed by atoms with van der Waals surface area (Å²) < 4.78 is 0. The van der Waals surface area contributed by atoms with Gasteiger partial charge in [-0.3, -0.25) is 5.43 Å². The van der Waals surface area contributed by atoms with Crippen molar-refractivity contribution in [3.63, 3.8) is 0 Å². The van der Waals surface area contributed by atoms with E-state index >= 15 is 0 Å². The molecule has 4 heteroatoms. The van der Waals surface area contributed by atoms with Gasteiger partial charge in [-0.05, 0) is 39.5 Å². The van der Waals surface area contributed by atoms with Crippen LogP contribution in [-0.2, 0) is 0 Å². The Morgan fingerprint density at radius 2 is 2.00 bits per heavy atom. The molecule has 0 spiro atoms. The van der Waals surface area contributed by atoms with Gasteiger partial charge in [0.1, 0.15) is 0 Å². The summed E-state index contributed by atoms with van der Waals surface area (Å²) in [6.07, 6.45) is 7.53. The predicted octanol–water partition coefficient (Wildman–Crippen LogP) is 1.62. The molecule has 1 saturated heterocycles. The Balaban J connectivity index is 2.09. The Morgan fingerprint density at radius 3 is 2.50 bits per heavy atom. The average Bonchev–Trinajstić information content (AvgIpc) is 2.84. The fourth-order valence-corrected chi connectivity index (χ4v) is 2.89. The zero-order valence-corrected chi connectivity index (χ0v) is 10.5. The fourth-order valence-electron chi connectivity index (χ4n) is 2.89. The van der Waals surface area contributed by atoms with Crippen LogP contribution in [0.4, 0.5) is 0 Å². The third kappa shape index (κ3) is 2.32. The molecule has 1 heterocycles. The maximum atomic E-state index is 5.63. The summed E-state index contributed by atoms with van der Waals surface area (Å²) in [4.78, 5) is 7.10. The van der Waals surface area contributed by atoms with Gasteiger partial charge in [-0.2, -0.15) is 0 Å². The lowest BCUT2D eigenvalue weighted by atomic mass is 10.0. The smallest absolute Gasteiger partial charge is 0.209 e. The molecule has 1 aliphatic carbocycles. The van der Waals surface area contributed by atoms with Crippen molar-refractivity contribution in [1.82, 2.24) is 10.3 Å². The van der Waals surface area contributed by atoms with Crippen LogP contribution in [0.5, 0.6) is 0 Å². The number of hydrogen-bond donors (Lipinski definition) is 2. The molecule has 4 nitrogen and oxygen atoms in total. The van der Waals surface area contributed by atoms with Gasteiger partial charge in [-0.15, -0.1) is 0 Å². The Bertz CT molecular complexity index is 266. The number of nitrogens with two attached hydrogens (primary N) is 1. The molecule has 1 aliphatic heterocycles. The fraction of sp³-hybridized carbons (Fsp3) is 0.917. The van der Waals surface area contributed by atoms with Crippen LogP contribution in [-0.4, -0.2) is 29.0 Å². The van der Waals surface area contributed by atoms with Crippen molar-refractivity contribution in [1.29, 1.82) is 0 Å². The summed E-state index contributed by atoms with van der Waals surface area (Å²) in [7, 11) is 0. The lowest BCUT2D eigenvalue weighted by Crippen LogP contribution is -2.51. The van der Waals surface area contributed by atoms with Crippen LogP contribution in [0.3, 0.4) is 0 Å². The number of nitrogens with zero attached hydrogens (tertiary/aromatic N) is 2. The molecule has 16 heavy (non-hydrogen) atoms. The monoisotopic (exact) mass is 224 g/mol. The maximum absolute atomic E-state index is 5.63. The lowest BCUT2D eigenvalue weighted by Gasteiger charge is -2.34. The molecule has 2 fully saturated rings. The Kier molecular flexibility index (Phi) is 3.38. The van der Waals surface area contributed by atoms with Crippen molar-refractivity contribution < 1.29 is 0 Å². The number of hydrogen-bond acceptors (Lipinski definition) is 2. The molecule has 0 amide bonds. The first-order chi connectivity index (χ1) is 7.63. The van der Waals surface area contributed by atoms with E-state index in [1.807, 2.05) is 0 Å². The normalized spacial score (nSPS) is 26.4. The molecule has 0 bridgehead atoms. The minimum atomic E-state index is 0.198. The van der Waals surface area contributed by atoms with E-state index in [1.54, 1.807) is 0 Å². The van der Waals surface area contributed by atoms with Gasteiger partial charge < -0.3 is 4.90 Å². The van der Waals surface area contributed by atoms with Crippen LogP contribution in [0.1, 0.15) is 52.4 Å². The molecular weight excluding hydrogens is 200 g/mol. The van der Waals surface area contributed by atoms with Crippen LogP contribution in [0.15, 0.2) is 4.99 Å². The summed E-state index contributed by atoms with van der Waals surface area (Å²) in [6.45, 7) is 5.60. The molecule has 0 aromatic rings. The van der Waals surface area contributed by atoms with Gasteiger partial charge in [0.25, 0.3) is 0 Å². The minimum absolute atomic E-state index is 0.198. The van der Waals surface area contributed by atoms with E-state index < -0.39 is 0 Å². The zero-order valence-electron chi connectivity index (χ0n) is 10.5. The zero-order chi connectivity index (χ0) is 11.6. The van der Waals surface area contributed by atoms with E-state index in [1.165, 1.54) is 38.5 Å². The van der Waals surface area contributed by atoms with E-state index in [4.69, 9.17) is 10.8 Å². The van der Waals surface area contributed by atoms with Crippen molar-refractivity contribution >= 4 is 5.96 Å². The first kappa shape index (κ1) is 11.7. The van der Waals surface area contributed by atoms with E-state index in [2.05, 4.69) is 24.2 Å². The number of hydrazine groups is 1. The average molecular weight is 224 g/mol. The van der Waals surface area contributed by atoms with Gasteiger partial charge in [0.05, 0.1) is 6.04 Å². The molecule has 2 aliphatic rings. The molecule has 0 unspecified atom stereocenters. The lowest BCUT2D eigenvalue weighted by molar-refractivity contribution is 0.271. The summed E-state index contributed by atoms with van der Waals surface area (Å²) >= 11 is 0. The summed E-state index contributed by atoms with van der Waals surface area (Å²) in [5.41, 5.74) is 3.00. The van der Waals surface area contributed by atoms with Crippen LogP contribution in [0, 0.1) is 0 Å². The Hall–Kier alpha value is -0.770. The van der Waals surface area contributed by atoms with Crippen molar-refractivity contribution in [3.8, 4) is 0 Å². The number of rotatable bonds is 1. The maximum Gasteiger partial charge on any atom is 0.209 e. The molecular formula is C12H24N4. The van der Waals surface area contributed by atoms with E-state index in [0.717, 1.165) is 12.5 Å². The first-order valence-electron chi connectivity index (χ1n) is 6.45. The predicted molar refractivity (Wildman–Crippen MR) is 67.0 cm³/mol. The van der Waals surface area contributed by atoms with E-state index in [-0.39, 0.29) is 5.54 Å². The van der Waals surface area contributed by atoms with Crippen LogP contribution in [0.2, 0.25) is 0 Å². The Morgan fingerprint density at radius 1 is 1.31 bits per heavy atom. The highest BCUT2D eigenvalue weighted by Crippen LogP contribution is 2.29. The molecule has 0 aromatic carbocycles. The highest BCUT2D eigenvalue weighted by atomic mass is 15.4.